The van der Waals surface area contributed by atoms with Crippen molar-refractivity contribution in [3.63, 3.8) is 0 Å². The number of ether oxygens (including phenoxy) is 1. The number of carboxylic acids is 1. The van der Waals surface area contributed by atoms with Crippen molar-refractivity contribution in [2.45, 2.75) is 42.4 Å². The zero-order valence-corrected chi connectivity index (χ0v) is 11.1. The van der Waals surface area contributed by atoms with Crippen LogP contribution in [0.3, 0.4) is 0 Å². The Bertz CT molecular complexity index is 494. The Labute approximate surface area is 111 Å². The Kier molecular flexibility index (Phi) is 2.77. The average Bonchev–Trinajstić information content (AvgIpc) is 2.94. The lowest BCUT2D eigenvalue weighted by atomic mass is 10.0. The highest BCUT2D eigenvalue weighted by Gasteiger charge is 2.44. The van der Waals surface area contributed by atoms with Crippen LogP contribution in [0.4, 0.5) is 0 Å². The third-order valence-corrected chi connectivity index (χ3v) is 5.27. The van der Waals surface area contributed by atoms with Gasteiger partial charge in [-0.3, -0.25) is 0 Å². The quantitative estimate of drug-likeness (QED) is 0.883. The van der Waals surface area contributed by atoms with E-state index in [1.54, 1.807) is 30.0 Å². The van der Waals surface area contributed by atoms with Crippen molar-refractivity contribution in [1.82, 2.24) is 0 Å². The summed E-state index contributed by atoms with van der Waals surface area (Å²) in [4.78, 5) is 11.7. The summed E-state index contributed by atoms with van der Waals surface area (Å²) >= 11 is 1.68. The molecule has 1 aromatic rings. The second-order valence-electron chi connectivity index (χ2n) is 5.17. The topological polar surface area (TPSA) is 46.5 Å². The van der Waals surface area contributed by atoms with Gasteiger partial charge in [0.1, 0.15) is 5.75 Å². The number of carbonyl (C=O) groups is 1. The molecule has 1 aliphatic carbocycles. The van der Waals surface area contributed by atoms with Crippen LogP contribution in [0, 0.1) is 5.92 Å². The zero-order chi connectivity index (χ0) is 12.8. The van der Waals surface area contributed by atoms with E-state index in [2.05, 4.69) is 6.92 Å². The van der Waals surface area contributed by atoms with Crippen molar-refractivity contribution in [3.05, 3.63) is 23.8 Å². The van der Waals surface area contributed by atoms with Crippen molar-refractivity contribution in [2.75, 3.05) is 0 Å². The maximum atomic E-state index is 11.0. The van der Waals surface area contributed by atoms with E-state index in [4.69, 9.17) is 9.84 Å². The van der Waals surface area contributed by atoms with E-state index >= 15 is 0 Å². The highest BCUT2D eigenvalue weighted by molar-refractivity contribution is 8.00. The SMILES string of the molecule is CC1(C2CCCC2)Oc2ccc(C(=O)O)cc2S1. The summed E-state index contributed by atoms with van der Waals surface area (Å²) in [5.41, 5.74) is 0.334. The molecule has 1 unspecified atom stereocenters. The van der Waals surface area contributed by atoms with Gasteiger partial charge in [-0.2, -0.15) is 0 Å². The largest absolute Gasteiger partial charge is 0.478 e. The molecule has 18 heavy (non-hydrogen) atoms. The Morgan fingerprint density at radius 3 is 2.83 bits per heavy atom. The van der Waals surface area contributed by atoms with Crippen molar-refractivity contribution in [2.24, 2.45) is 5.92 Å². The van der Waals surface area contributed by atoms with Crippen LogP contribution in [0.25, 0.3) is 0 Å². The Balaban J connectivity index is 1.88. The number of thioether (sulfide) groups is 1. The van der Waals surface area contributed by atoms with Gasteiger partial charge in [0.15, 0.2) is 4.93 Å². The maximum absolute atomic E-state index is 11.0. The molecule has 96 valence electrons. The lowest BCUT2D eigenvalue weighted by Crippen LogP contribution is -2.32. The van der Waals surface area contributed by atoms with Crippen molar-refractivity contribution < 1.29 is 14.6 Å². The first kappa shape index (κ1) is 11.9. The number of carboxylic acid groups (broad SMARTS) is 1. The van der Waals surface area contributed by atoms with Crippen molar-refractivity contribution >= 4 is 17.7 Å². The zero-order valence-electron chi connectivity index (χ0n) is 10.3. The van der Waals surface area contributed by atoms with Gasteiger partial charge in [-0.1, -0.05) is 24.6 Å². The molecule has 0 saturated heterocycles. The van der Waals surface area contributed by atoms with Crippen LogP contribution >= 0.6 is 11.8 Å². The van der Waals surface area contributed by atoms with Gasteiger partial charge in [-0.15, -0.1) is 0 Å². The maximum Gasteiger partial charge on any atom is 0.335 e. The molecule has 0 bridgehead atoms. The first-order chi connectivity index (χ1) is 8.58. The van der Waals surface area contributed by atoms with Crippen LogP contribution in [-0.4, -0.2) is 16.0 Å². The minimum Gasteiger partial charge on any atom is -0.478 e. The van der Waals surface area contributed by atoms with Crippen LogP contribution in [0.5, 0.6) is 5.75 Å². The molecule has 1 saturated carbocycles. The van der Waals surface area contributed by atoms with Crippen molar-refractivity contribution in [1.29, 1.82) is 0 Å². The summed E-state index contributed by atoms with van der Waals surface area (Å²) < 4.78 is 6.08. The van der Waals surface area contributed by atoms with Gasteiger partial charge < -0.3 is 9.84 Å². The summed E-state index contributed by atoms with van der Waals surface area (Å²) in [5, 5.41) is 9.01. The molecule has 0 spiro atoms. The lowest BCUT2D eigenvalue weighted by molar-refractivity contribution is 0.0696. The molecule has 1 atom stereocenters. The molecule has 1 heterocycles. The molecule has 1 aromatic carbocycles. The number of rotatable bonds is 2. The number of hydrogen-bond acceptors (Lipinski definition) is 3. The first-order valence-electron chi connectivity index (χ1n) is 6.34. The Morgan fingerprint density at radius 2 is 2.17 bits per heavy atom. The smallest absolute Gasteiger partial charge is 0.335 e. The molecular formula is C14H16O3S. The van der Waals surface area contributed by atoms with Gasteiger partial charge in [-0.05, 0) is 38.0 Å². The van der Waals surface area contributed by atoms with E-state index in [0.717, 1.165) is 10.6 Å². The van der Waals surface area contributed by atoms with Crippen molar-refractivity contribution in [3.8, 4) is 5.75 Å². The van der Waals surface area contributed by atoms with Gasteiger partial charge in [0.05, 0.1) is 10.5 Å². The molecule has 1 aliphatic heterocycles. The molecule has 0 aromatic heterocycles. The standard InChI is InChI=1S/C14H16O3S/c1-14(10-4-2-3-5-10)17-11-7-6-9(13(15)16)8-12(11)18-14/h6-8,10H,2-5H2,1H3,(H,15,16). The third-order valence-electron chi connectivity index (χ3n) is 3.91. The Morgan fingerprint density at radius 1 is 1.44 bits per heavy atom. The highest BCUT2D eigenvalue weighted by Crippen LogP contribution is 2.54. The van der Waals surface area contributed by atoms with E-state index in [9.17, 15) is 4.79 Å². The van der Waals surface area contributed by atoms with E-state index < -0.39 is 5.97 Å². The number of hydrogen-bond donors (Lipinski definition) is 1. The highest BCUT2D eigenvalue weighted by atomic mass is 32.2. The fourth-order valence-corrected chi connectivity index (χ4v) is 4.25. The average molecular weight is 264 g/mol. The van der Waals surface area contributed by atoms with Crippen LogP contribution in [0.15, 0.2) is 23.1 Å². The predicted octanol–water partition coefficient (Wildman–Crippen LogP) is 3.78. The van der Waals surface area contributed by atoms with Gasteiger partial charge in [0.25, 0.3) is 0 Å². The molecule has 1 fully saturated rings. The number of benzene rings is 1. The van der Waals surface area contributed by atoms with Crippen LogP contribution < -0.4 is 4.74 Å². The molecular weight excluding hydrogens is 248 g/mol. The van der Waals surface area contributed by atoms with Crippen LogP contribution in [0.1, 0.15) is 43.0 Å². The van der Waals surface area contributed by atoms with Gasteiger partial charge in [-0.25, -0.2) is 4.79 Å². The van der Waals surface area contributed by atoms with E-state index in [-0.39, 0.29) is 4.93 Å². The van der Waals surface area contributed by atoms with Crippen LogP contribution in [0.2, 0.25) is 0 Å². The first-order valence-corrected chi connectivity index (χ1v) is 7.15. The lowest BCUT2D eigenvalue weighted by Gasteiger charge is -2.29. The summed E-state index contributed by atoms with van der Waals surface area (Å²) in [6.45, 7) is 2.13. The molecule has 2 aliphatic rings. The molecule has 3 rings (SSSR count). The van der Waals surface area contributed by atoms with E-state index in [1.165, 1.54) is 25.7 Å². The minimum absolute atomic E-state index is 0.212. The molecule has 4 heteroatoms. The van der Waals surface area contributed by atoms with Gasteiger partial charge >= 0.3 is 5.97 Å². The summed E-state index contributed by atoms with van der Waals surface area (Å²) in [6, 6.07) is 5.12. The van der Waals surface area contributed by atoms with E-state index in [1.807, 2.05) is 0 Å². The summed E-state index contributed by atoms with van der Waals surface area (Å²) in [5.74, 6) is 0.524. The second kappa shape index (κ2) is 4.19. The van der Waals surface area contributed by atoms with Gasteiger partial charge in [0.2, 0.25) is 0 Å². The number of aromatic carboxylic acids is 1. The van der Waals surface area contributed by atoms with E-state index in [0.29, 0.717) is 11.5 Å². The minimum atomic E-state index is -0.882. The van der Waals surface area contributed by atoms with Crippen LogP contribution in [-0.2, 0) is 0 Å². The monoisotopic (exact) mass is 264 g/mol. The molecule has 3 nitrogen and oxygen atoms in total. The fraction of sp³-hybridized carbons (Fsp3) is 0.500. The molecule has 0 radical (unpaired) electrons. The van der Waals surface area contributed by atoms with Gasteiger partial charge in [0, 0.05) is 5.92 Å². The molecule has 1 N–H and O–H groups in total. The summed E-state index contributed by atoms with van der Waals surface area (Å²) in [6.07, 6.45) is 4.98. The number of fused-ring (bicyclic) bond motifs is 1. The predicted molar refractivity (Wildman–Crippen MR) is 70.2 cm³/mol. The third kappa shape index (κ3) is 1.88. The Hall–Kier alpha value is -1.16. The molecule has 0 amide bonds. The summed E-state index contributed by atoms with van der Waals surface area (Å²) in [7, 11) is 0. The second-order valence-corrected chi connectivity index (χ2v) is 6.62. The normalized spacial score (nSPS) is 26.9. The fourth-order valence-electron chi connectivity index (χ4n) is 2.88.